The van der Waals surface area contributed by atoms with E-state index in [0.29, 0.717) is 30.1 Å². The number of benzene rings is 2. The minimum atomic E-state index is -0.526. The molecular weight excluding hydrogens is 361 g/mol. The lowest BCUT2D eigenvalue weighted by Crippen LogP contribution is -2.27. The quantitative estimate of drug-likeness (QED) is 0.616. The fourth-order valence-corrected chi connectivity index (χ4v) is 2.28. The average molecular weight is 380 g/mol. The molecule has 0 unspecified atom stereocenters. The Kier molecular flexibility index (Phi) is 7.37. The SMILES string of the molecule is COCCNC(=O)c1cccc(NC(=O)CNc2ccc(F)c(Cl)c2)c1. The molecule has 2 aromatic rings. The monoisotopic (exact) mass is 379 g/mol. The smallest absolute Gasteiger partial charge is 0.251 e. The Morgan fingerprint density at radius 3 is 2.69 bits per heavy atom. The molecule has 6 nitrogen and oxygen atoms in total. The van der Waals surface area contributed by atoms with Crippen molar-refractivity contribution >= 4 is 34.8 Å². The van der Waals surface area contributed by atoms with E-state index in [2.05, 4.69) is 16.0 Å². The minimum Gasteiger partial charge on any atom is -0.383 e. The molecule has 0 aliphatic carbocycles. The van der Waals surface area contributed by atoms with Gasteiger partial charge in [-0.25, -0.2) is 4.39 Å². The van der Waals surface area contributed by atoms with Gasteiger partial charge in [0, 0.05) is 30.6 Å². The van der Waals surface area contributed by atoms with Crippen molar-refractivity contribution in [2.24, 2.45) is 0 Å². The zero-order valence-electron chi connectivity index (χ0n) is 14.1. The highest BCUT2D eigenvalue weighted by Crippen LogP contribution is 2.19. The number of amides is 2. The lowest BCUT2D eigenvalue weighted by Gasteiger charge is -2.10. The lowest BCUT2D eigenvalue weighted by atomic mass is 10.2. The highest BCUT2D eigenvalue weighted by atomic mass is 35.5. The van der Waals surface area contributed by atoms with Gasteiger partial charge in [0.1, 0.15) is 5.82 Å². The molecule has 2 amide bonds. The third-order valence-corrected chi connectivity index (χ3v) is 3.66. The third kappa shape index (κ3) is 6.02. The van der Waals surface area contributed by atoms with Crippen molar-refractivity contribution in [3.8, 4) is 0 Å². The van der Waals surface area contributed by atoms with Gasteiger partial charge in [0.2, 0.25) is 5.91 Å². The van der Waals surface area contributed by atoms with E-state index in [1.165, 1.54) is 18.2 Å². The van der Waals surface area contributed by atoms with Crippen molar-refractivity contribution < 1.29 is 18.7 Å². The zero-order valence-corrected chi connectivity index (χ0v) is 14.9. The summed E-state index contributed by atoms with van der Waals surface area (Å²) in [5.74, 6) is -1.10. The van der Waals surface area contributed by atoms with Gasteiger partial charge >= 0.3 is 0 Å². The van der Waals surface area contributed by atoms with Crippen LogP contribution in [0, 0.1) is 5.82 Å². The van der Waals surface area contributed by atoms with Crippen molar-refractivity contribution in [1.82, 2.24) is 5.32 Å². The Morgan fingerprint density at radius 1 is 1.15 bits per heavy atom. The summed E-state index contributed by atoms with van der Waals surface area (Å²) >= 11 is 5.69. The highest BCUT2D eigenvalue weighted by Gasteiger charge is 2.08. The highest BCUT2D eigenvalue weighted by molar-refractivity contribution is 6.31. The van der Waals surface area contributed by atoms with Gasteiger partial charge in [-0.05, 0) is 36.4 Å². The molecule has 2 rings (SSSR count). The number of carbonyl (C=O) groups excluding carboxylic acids is 2. The van der Waals surface area contributed by atoms with Crippen LogP contribution in [0.1, 0.15) is 10.4 Å². The van der Waals surface area contributed by atoms with Crippen LogP contribution < -0.4 is 16.0 Å². The maximum atomic E-state index is 13.1. The van der Waals surface area contributed by atoms with Gasteiger partial charge in [0.05, 0.1) is 18.2 Å². The first-order valence-electron chi connectivity index (χ1n) is 7.85. The Bertz CT molecular complexity index is 786. The Labute approximate surface area is 155 Å². The largest absolute Gasteiger partial charge is 0.383 e. The number of nitrogens with one attached hydrogen (secondary N) is 3. The molecule has 2 aromatic carbocycles. The fraction of sp³-hybridized carbons (Fsp3) is 0.222. The summed E-state index contributed by atoms with van der Waals surface area (Å²) in [5, 5.41) is 8.22. The third-order valence-electron chi connectivity index (χ3n) is 3.37. The van der Waals surface area contributed by atoms with E-state index in [1.807, 2.05) is 0 Å². The first-order chi connectivity index (χ1) is 12.5. The summed E-state index contributed by atoms with van der Waals surface area (Å²) in [5.41, 5.74) is 1.45. The van der Waals surface area contributed by atoms with Crippen LogP contribution in [0.4, 0.5) is 15.8 Å². The normalized spacial score (nSPS) is 10.3. The standard InChI is InChI=1S/C18H19ClFN3O3/c1-26-8-7-21-18(25)12-3-2-4-14(9-12)23-17(24)11-22-13-5-6-16(20)15(19)10-13/h2-6,9-10,22H,7-8,11H2,1H3,(H,21,25)(H,23,24). The van der Waals surface area contributed by atoms with Crippen molar-refractivity contribution in [2.45, 2.75) is 0 Å². The second-order valence-corrected chi connectivity index (χ2v) is 5.77. The topological polar surface area (TPSA) is 79.5 Å². The second-order valence-electron chi connectivity index (χ2n) is 5.36. The zero-order chi connectivity index (χ0) is 18.9. The molecule has 0 aliphatic rings. The number of hydrogen-bond donors (Lipinski definition) is 3. The summed E-state index contributed by atoms with van der Waals surface area (Å²) in [4.78, 5) is 24.0. The maximum absolute atomic E-state index is 13.1. The molecule has 0 spiro atoms. The Balaban J connectivity index is 1.89. The van der Waals surface area contributed by atoms with E-state index >= 15 is 0 Å². The second kappa shape index (κ2) is 9.74. The van der Waals surface area contributed by atoms with E-state index in [-0.39, 0.29) is 23.4 Å². The lowest BCUT2D eigenvalue weighted by molar-refractivity contribution is -0.114. The molecule has 0 radical (unpaired) electrons. The summed E-state index contributed by atoms with van der Waals surface area (Å²) < 4.78 is 18.0. The van der Waals surface area contributed by atoms with Crippen LogP contribution in [0.15, 0.2) is 42.5 Å². The van der Waals surface area contributed by atoms with Crippen molar-refractivity contribution in [2.75, 3.05) is 37.4 Å². The molecule has 26 heavy (non-hydrogen) atoms. The van der Waals surface area contributed by atoms with E-state index in [1.54, 1.807) is 31.4 Å². The summed E-state index contributed by atoms with van der Waals surface area (Å²) in [7, 11) is 1.55. The molecule has 0 saturated heterocycles. The van der Waals surface area contributed by atoms with Crippen molar-refractivity contribution in [3.63, 3.8) is 0 Å². The van der Waals surface area contributed by atoms with E-state index in [0.717, 1.165) is 0 Å². The van der Waals surface area contributed by atoms with Gasteiger partial charge in [-0.1, -0.05) is 17.7 Å². The molecule has 0 heterocycles. The number of rotatable bonds is 8. The van der Waals surface area contributed by atoms with Gasteiger partial charge in [-0.15, -0.1) is 0 Å². The van der Waals surface area contributed by atoms with Crippen LogP contribution in [-0.4, -0.2) is 38.6 Å². The van der Waals surface area contributed by atoms with Crippen LogP contribution in [0.3, 0.4) is 0 Å². The van der Waals surface area contributed by atoms with Gasteiger partial charge in [-0.2, -0.15) is 0 Å². The van der Waals surface area contributed by atoms with E-state index in [9.17, 15) is 14.0 Å². The molecular formula is C18H19ClFN3O3. The molecule has 0 saturated carbocycles. The predicted octanol–water partition coefficient (Wildman–Crippen LogP) is 2.91. The summed E-state index contributed by atoms with van der Waals surface area (Å²) in [6.45, 7) is 0.781. The molecule has 0 fully saturated rings. The first-order valence-corrected chi connectivity index (χ1v) is 8.23. The number of hydrogen-bond acceptors (Lipinski definition) is 4. The van der Waals surface area contributed by atoms with Crippen LogP contribution >= 0.6 is 11.6 Å². The molecule has 0 aromatic heterocycles. The average Bonchev–Trinajstić information content (AvgIpc) is 2.63. The molecule has 0 bridgehead atoms. The molecule has 0 atom stereocenters. The number of ether oxygens (including phenoxy) is 1. The van der Waals surface area contributed by atoms with Crippen molar-refractivity contribution in [1.29, 1.82) is 0 Å². The number of carbonyl (C=O) groups is 2. The molecule has 8 heteroatoms. The van der Waals surface area contributed by atoms with Gasteiger partial charge in [-0.3, -0.25) is 9.59 Å². The number of anilines is 2. The van der Waals surface area contributed by atoms with Crippen LogP contribution in [0.2, 0.25) is 5.02 Å². The minimum absolute atomic E-state index is 0.0254. The van der Waals surface area contributed by atoms with Gasteiger partial charge < -0.3 is 20.7 Å². The van der Waals surface area contributed by atoms with Crippen LogP contribution in [-0.2, 0) is 9.53 Å². The molecule has 3 N–H and O–H groups in total. The van der Waals surface area contributed by atoms with Gasteiger partial charge in [0.25, 0.3) is 5.91 Å². The Hall–Kier alpha value is -2.64. The molecule has 0 aliphatic heterocycles. The summed E-state index contributed by atoms with van der Waals surface area (Å²) in [6, 6.07) is 10.7. The summed E-state index contributed by atoms with van der Waals surface area (Å²) in [6.07, 6.45) is 0. The first kappa shape index (κ1) is 19.7. The van der Waals surface area contributed by atoms with Gasteiger partial charge in [0.15, 0.2) is 0 Å². The van der Waals surface area contributed by atoms with E-state index < -0.39 is 5.82 Å². The van der Waals surface area contributed by atoms with Crippen LogP contribution in [0.25, 0.3) is 0 Å². The molecule has 138 valence electrons. The van der Waals surface area contributed by atoms with Crippen molar-refractivity contribution in [3.05, 3.63) is 58.9 Å². The number of methoxy groups -OCH3 is 1. The predicted molar refractivity (Wildman–Crippen MR) is 99.2 cm³/mol. The van der Waals surface area contributed by atoms with E-state index in [4.69, 9.17) is 16.3 Å². The number of halogens is 2. The van der Waals surface area contributed by atoms with Crippen LogP contribution in [0.5, 0.6) is 0 Å². The maximum Gasteiger partial charge on any atom is 0.251 e. The fourth-order valence-electron chi connectivity index (χ4n) is 2.10. The Morgan fingerprint density at radius 2 is 1.96 bits per heavy atom.